The van der Waals surface area contributed by atoms with Crippen LogP contribution in [0.3, 0.4) is 0 Å². The van der Waals surface area contributed by atoms with Crippen LogP contribution >= 0.6 is 11.6 Å². The lowest BCUT2D eigenvalue weighted by Gasteiger charge is -2.19. The van der Waals surface area contributed by atoms with Crippen molar-refractivity contribution in [1.29, 1.82) is 0 Å². The monoisotopic (exact) mass is 230 g/mol. The van der Waals surface area contributed by atoms with Gasteiger partial charge in [-0.15, -0.1) is 11.6 Å². The van der Waals surface area contributed by atoms with Crippen molar-refractivity contribution in [2.75, 3.05) is 32.7 Å². The van der Waals surface area contributed by atoms with E-state index in [-0.39, 0.29) is 0 Å². The highest BCUT2D eigenvalue weighted by Crippen LogP contribution is 2.43. The first kappa shape index (κ1) is 11.2. The van der Waals surface area contributed by atoms with Gasteiger partial charge in [0.1, 0.15) is 0 Å². The molecule has 0 bridgehead atoms. The first-order chi connectivity index (χ1) is 7.22. The quantitative estimate of drug-likeness (QED) is 0.534. The number of carbonyl (C=O) groups is 1. The number of alkyl halides is 1. The van der Waals surface area contributed by atoms with Crippen molar-refractivity contribution >= 4 is 18.0 Å². The van der Waals surface area contributed by atoms with Crippen LogP contribution in [0.1, 0.15) is 13.3 Å². The van der Waals surface area contributed by atoms with Gasteiger partial charge in [0.2, 0.25) is 6.41 Å². The minimum absolute atomic E-state index is 0.385. The lowest BCUT2D eigenvalue weighted by atomic mass is 10.3. The van der Waals surface area contributed by atoms with Gasteiger partial charge in [-0.1, -0.05) is 6.92 Å². The Morgan fingerprint density at radius 3 is 2.67 bits per heavy atom. The molecule has 3 atom stereocenters. The molecule has 0 radical (unpaired) electrons. The summed E-state index contributed by atoms with van der Waals surface area (Å²) in [5.41, 5.74) is 0. The summed E-state index contributed by atoms with van der Waals surface area (Å²) in [6, 6.07) is 0. The number of nitrogens with zero attached hydrogens (tertiary/aromatic N) is 2. The summed E-state index contributed by atoms with van der Waals surface area (Å²) in [5, 5.41) is 0.385. The van der Waals surface area contributed by atoms with Crippen molar-refractivity contribution in [3.8, 4) is 0 Å². The Balaban J connectivity index is 1.76. The molecule has 0 N–H and O–H groups in total. The highest BCUT2D eigenvalue weighted by Gasteiger charge is 2.45. The molecule has 1 saturated carbocycles. The van der Waals surface area contributed by atoms with Crippen molar-refractivity contribution in [2.45, 2.75) is 18.7 Å². The van der Waals surface area contributed by atoms with Gasteiger partial charge in [0, 0.05) is 31.6 Å². The lowest BCUT2D eigenvalue weighted by molar-refractivity contribution is -0.118. The minimum Gasteiger partial charge on any atom is -0.344 e. The first-order valence-corrected chi connectivity index (χ1v) is 6.22. The average Bonchev–Trinajstić information content (AvgIpc) is 2.88. The summed E-state index contributed by atoms with van der Waals surface area (Å²) >= 11 is 6.13. The smallest absolute Gasteiger partial charge is 0.209 e. The van der Waals surface area contributed by atoms with Gasteiger partial charge in [0.05, 0.1) is 0 Å². The Bertz CT molecular complexity index is 229. The molecule has 0 aromatic heterocycles. The number of hydrogen-bond acceptors (Lipinski definition) is 2. The highest BCUT2D eigenvalue weighted by molar-refractivity contribution is 6.23. The Labute approximate surface area is 96.4 Å². The second kappa shape index (κ2) is 4.71. The minimum atomic E-state index is 0.385. The molecule has 1 heterocycles. The third-order valence-electron chi connectivity index (χ3n) is 3.69. The summed E-state index contributed by atoms with van der Waals surface area (Å²) in [4.78, 5) is 15.0. The molecular weight excluding hydrogens is 212 g/mol. The largest absolute Gasteiger partial charge is 0.344 e. The molecule has 1 saturated heterocycles. The number of rotatable bonds is 3. The van der Waals surface area contributed by atoms with Gasteiger partial charge >= 0.3 is 0 Å². The van der Waals surface area contributed by atoms with Crippen molar-refractivity contribution in [2.24, 2.45) is 11.8 Å². The highest BCUT2D eigenvalue weighted by atomic mass is 35.5. The van der Waals surface area contributed by atoms with E-state index in [0.29, 0.717) is 17.2 Å². The molecule has 0 aromatic rings. The molecule has 2 aliphatic rings. The van der Waals surface area contributed by atoms with E-state index in [1.54, 1.807) is 0 Å². The first-order valence-electron chi connectivity index (χ1n) is 5.78. The summed E-state index contributed by atoms with van der Waals surface area (Å²) < 4.78 is 0. The van der Waals surface area contributed by atoms with Crippen LogP contribution in [0.15, 0.2) is 0 Å². The Morgan fingerprint density at radius 2 is 2.07 bits per heavy atom. The van der Waals surface area contributed by atoms with Gasteiger partial charge in [0.25, 0.3) is 0 Å². The Morgan fingerprint density at radius 1 is 1.33 bits per heavy atom. The molecule has 0 spiro atoms. The lowest BCUT2D eigenvalue weighted by Crippen LogP contribution is -2.31. The van der Waals surface area contributed by atoms with Gasteiger partial charge in [-0.3, -0.25) is 4.79 Å². The predicted molar refractivity (Wildman–Crippen MR) is 61.0 cm³/mol. The molecule has 0 unspecified atom stereocenters. The van der Waals surface area contributed by atoms with E-state index >= 15 is 0 Å². The molecule has 15 heavy (non-hydrogen) atoms. The van der Waals surface area contributed by atoms with E-state index in [1.165, 1.54) is 0 Å². The molecule has 1 amide bonds. The van der Waals surface area contributed by atoms with E-state index in [0.717, 1.165) is 45.6 Å². The summed E-state index contributed by atoms with van der Waals surface area (Å²) in [5.74, 6) is 1.35. The second-order valence-electron chi connectivity index (χ2n) is 4.76. The molecule has 86 valence electrons. The molecule has 2 rings (SSSR count). The van der Waals surface area contributed by atoms with Crippen LogP contribution in [0.25, 0.3) is 0 Å². The maximum atomic E-state index is 10.6. The number of hydrogen-bond donors (Lipinski definition) is 0. The van der Waals surface area contributed by atoms with E-state index < -0.39 is 0 Å². The van der Waals surface area contributed by atoms with Crippen LogP contribution < -0.4 is 0 Å². The van der Waals surface area contributed by atoms with Gasteiger partial charge < -0.3 is 9.80 Å². The topological polar surface area (TPSA) is 23.6 Å². The van der Waals surface area contributed by atoms with Gasteiger partial charge in [-0.2, -0.15) is 0 Å². The zero-order chi connectivity index (χ0) is 10.8. The summed E-state index contributed by atoms with van der Waals surface area (Å²) in [7, 11) is 0. The molecule has 3 nitrogen and oxygen atoms in total. The van der Waals surface area contributed by atoms with Crippen LogP contribution in [-0.2, 0) is 4.79 Å². The molecule has 0 aromatic carbocycles. The fourth-order valence-electron chi connectivity index (χ4n) is 2.34. The van der Waals surface area contributed by atoms with E-state index in [2.05, 4.69) is 11.8 Å². The van der Waals surface area contributed by atoms with Crippen LogP contribution in [0.4, 0.5) is 0 Å². The van der Waals surface area contributed by atoms with Crippen LogP contribution in [0.5, 0.6) is 0 Å². The van der Waals surface area contributed by atoms with E-state index in [1.807, 2.05) is 4.90 Å². The van der Waals surface area contributed by atoms with Crippen molar-refractivity contribution in [3.05, 3.63) is 0 Å². The fraction of sp³-hybridized carbons (Fsp3) is 0.909. The fourth-order valence-corrected chi connectivity index (χ4v) is 2.75. The van der Waals surface area contributed by atoms with Crippen molar-refractivity contribution in [1.82, 2.24) is 9.80 Å². The normalized spacial score (nSPS) is 37.5. The van der Waals surface area contributed by atoms with Gasteiger partial charge in [-0.05, 0) is 24.8 Å². The SMILES string of the molecule is C[C@@H]1[C@H](Cl)[C@H]1CN1CCCN(C=O)CC1. The van der Waals surface area contributed by atoms with Crippen molar-refractivity contribution in [3.63, 3.8) is 0 Å². The maximum Gasteiger partial charge on any atom is 0.209 e. The second-order valence-corrected chi connectivity index (χ2v) is 5.27. The average molecular weight is 231 g/mol. The number of carbonyl (C=O) groups excluding carboxylic acids is 1. The van der Waals surface area contributed by atoms with E-state index in [9.17, 15) is 4.79 Å². The zero-order valence-corrected chi connectivity index (χ0v) is 9.99. The zero-order valence-electron chi connectivity index (χ0n) is 9.23. The van der Waals surface area contributed by atoms with E-state index in [4.69, 9.17) is 11.6 Å². The van der Waals surface area contributed by atoms with Crippen LogP contribution in [0, 0.1) is 11.8 Å². The Hall–Kier alpha value is -0.280. The van der Waals surface area contributed by atoms with Gasteiger partial charge in [0.15, 0.2) is 0 Å². The van der Waals surface area contributed by atoms with Gasteiger partial charge in [-0.25, -0.2) is 0 Å². The maximum absolute atomic E-state index is 10.6. The molecule has 1 aliphatic carbocycles. The predicted octanol–water partition coefficient (Wildman–Crippen LogP) is 1.02. The van der Waals surface area contributed by atoms with Crippen LogP contribution in [0.2, 0.25) is 0 Å². The molecule has 4 heteroatoms. The van der Waals surface area contributed by atoms with Crippen molar-refractivity contribution < 1.29 is 4.79 Å². The summed E-state index contributed by atoms with van der Waals surface area (Å²) in [6.07, 6.45) is 2.06. The summed E-state index contributed by atoms with van der Waals surface area (Å²) in [6.45, 7) is 7.23. The third-order valence-corrected chi connectivity index (χ3v) is 4.41. The number of amides is 1. The van der Waals surface area contributed by atoms with Crippen LogP contribution in [-0.4, -0.2) is 54.3 Å². The standard InChI is InChI=1S/C11H19ClN2O/c1-9-10(11(9)12)7-13-3-2-4-14(8-15)6-5-13/h8-11H,2-7H2,1H3/t9-,10-,11-/m0/s1. The molecular formula is C11H19ClN2O. The molecule has 2 fully saturated rings. The molecule has 1 aliphatic heterocycles. The Kier molecular flexibility index (Phi) is 3.52. The number of halogens is 1. The third kappa shape index (κ3) is 2.64.